The number of Topliss-reactive ketones (excluding diaryl/α,β-unsaturated/α-hetero) is 1. The molecule has 0 aromatic heterocycles. The van der Waals surface area contributed by atoms with Crippen LogP contribution in [0.2, 0.25) is 0 Å². The molecule has 0 radical (unpaired) electrons. The summed E-state index contributed by atoms with van der Waals surface area (Å²) in [6.45, 7) is 8.97. The molecule has 0 aliphatic heterocycles. The van der Waals surface area contributed by atoms with Crippen LogP contribution in [0.15, 0.2) is 18.2 Å². The third-order valence-electron chi connectivity index (χ3n) is 2.84. The fourth-order valence-electron chi connectivity index (χ4n) is 1.92. The number of hydrogen-bond acceptors (Lipinski definition) is 3. The Morgan fingerprint density at radius 1 is 1.32 bits per heavy atom. The van der Waals surface area contributed by atoms with Crippen molar-refractivity contribution in [2.45, 2.75) is 40.0 Å². The molecule has 0 aliphatic carbocycles. The van der Waals surface area contributed by atoms with E-state index in [1.165, 1.54) is 0 Å². The average Bonchev–Trinajstić information content (AvgIpc) is 2.39. The largest absolute Gasteiger partial charge is 0.494 e. The number of rotatable bonds is 8. The van der Waals surface area contributed by atoms with Crippen molar-refractivity contribution in [3.8, 4) is 5.75 Å². The number of carbonyl (C=O) groups excluding carboxylic acids is 1. The van der Waals surface area contributed by atoms with Crippen LogP contribution in [-0.2, 0) is 0 Å². The highest BCUT2D eigenvalue weighted by atomic mass is 32.2. The second kappa shape index (κ2) is 8.26. The van der Waals surface area contributed by atoms with Gasteiger partial charge in [-0.3, -0.25) is 4.79 Å². The Morgan fingerprint density at radius 3 is 2.63 bits per heavy atom. The van der Waals surface area contributed by atoms with Crippen molar-refractivity contribution in [2.24, 2.45) is 0 Å². The number of thioether (sulfide) groups is 1. The molecule has 0 aliphatic rings. The van der Waals surface area contributed by atoms with Crippen molar-refractivity contribution in [1.29, 1.82) is 0 Å². The Hall–Kier alpha value is -0.960. The average molecular weight is 280 g/mol. The SMILES string of the molecule is CCCSCC(=O)c1ccc(OCC)cc1C(C)C. The Kier molecular flexibility index (Phi) is 7.00. The normalized spacial score (nSPS) is 10.8. The summed E-state index contributed by atoms with van der Waals surface area (Å²) in [5.41, 5.74) is 1.94. The van der Waals surface area contributed by atoms with Crippen LogP contribution in [-0.4, -0.2) is 23.9 Å². The summed E-state index contributed by atoms with van der Waals surface area (Å²) < 4.78 is 5.51. The molecule has 1 rings (SSSR count). The summed E-state index contributed by atoms with van der Waals surface area (Å²) in [5.74, 6) is 3.02. The highest BCUT2D eigenvalue weighted by Gasteiger charge is 2.14. The minimum absolute atomic E-state index is 0.227. The minimum Gasteiger partial charge on any atom is -0.494 e. The molecule has 2 nitrogen and oxygen atoms in total. The van der Waals surface area contributed by atoms with Crippen molar-refractivity contribution >= 4 is 17.5 Å². The zero-order chi connectivity index (χ0) is 14.3. The van der Waals surface area contributed by atoms with E-state index in [9.17, 15) is 4.79 Å². The quantitative estimate of drug-likeness (QED) is 0.517. The Labute approximate surface area is 120 Å². The van der Waals surface area contributed by atoms with Crippen LogP contribution < -0.4 is 4.74 Å². The van der Waals surface area contributed by atoms with Crippen molar-refractivity contribution in [3.63, 3.8) is 0 Å². The van der Waals surface area contributed by atoms with E-state index < -0.39 is 0 Å². The first kappa shape index (κ1) is 16.1. The second-order valence-corrected chi connectivity index (χ2v) is 5.92. The van der Waals surface area contributed by atoms with Crippen molar-refractivity contribution in [1.82, 2.24) is 0 Å². The number of ether oxygens (including phenoxy) is 1. The van der Waals surface area contributed by atoms with Gasteiger partial charge in [0.2, 0.25) is 0 Å². The van der Waals surface area contributed by atoms with Crippen LogP contribution in [0.25, 0.3) is 0 Å². The monoisotopic (exact) mass is 280 g/mol. The maximum atomic E-state index is 12.3. The molecule has 1 aromatic carbocycles. The maximum absolute atomic E-state index is 12.3. The highest BCUT2D eigenvalue weighted by molar-refractivity contribution is 7.99. The number of hydrogen-bond donors (Lipinski definition) is 0. The Morgan fingerprint density at radius 2 is 2.05 bits per heavy atom. The molecule has 0 saturated carbocycles. The van der Waals surface area contributed by atoms with Crippen LogP contribution in [0.5, 0.6) is 5.75 Å². The fourth-order valence-corrected chi connectivity index (χ4v) is 2.69. The maximum Gasteiger partial charge on any atom is 0.173 e. The van der Waals surface area contributed by atoms with Gasteiger partial charge in [0.05, 0.1) is 12.4 Å². The molecule has 0 amide bonds. The van der Waals surface area contributed by atoms with Crippen LogP contribution in [0.3, 0.4) is 0 Å². The lowest BCUT2D eigenvalue weighted by Crippen LogP contribution is -2.08. The van der Waals surface area contributed by atoms with Crippen LogP contribution in [0.1, 0.15) is 56.0 Å². The van der Waals surface area contributed by atoms with Gasteiger partial charge in [-0.25, -0.2) is 0 Å². The lowest BCUT2D eigenvalue weighted by Gasteiger charge is -2.14. The number of ketones is 1. The first-order chi connectivity index (χ1) is 9.10. The van der Waals surface area contributed by atoms with Crippen molar-refractivity contribution in [2.75, 3.05) is 18.1 Å². The van der Waals surface area contributed by atoms with Gasteiger partial charge >= 0.3 is 0 Å². The van der Waals surface area contributed by atoms with Gasteiger partial charge in [0.15, 0.2) is 5.78 Å². The lowest BCUT2D eigenvalue weighted by molar-refractivity contribution is 0.102. The summed E-state index contributed by atoms with van der Waals surface area (Å²) in [6, 6.07) is 5.81. The van der Waals surface area contributed by atoms with Gasteiger partial charge in [-0.05, 0) is 48.8 Å². The Balaban J connectivity index is 2.89. The van der Waals surface area contributed by atoms with E-state index in [0.717, 1.165) is 29.1 Å². The van der Waals surface area contributed by atoms with Gasteiger partial charge in [0.25, 0.3) is 0 Å². The van der Waals surface area contributed by atoms with E-state index in [4.69, 9.17) is 4.74 Å². The van der Waals surface area contributed by atoms with Crippen LogP contribution >= 0.6 is 11.8 Å². The van der Waals surface area contributed by atoms with E-state index in [1.54, 1.807) is 11.8 Å². The molecule has 106 valence electrons. The highest BCUT2D eigenvalue weighted by Crippen LogP contribution is 2.26. The molecular weight excluding hydrogens is 256 g/mol. The van der Waals surface area contributed by atoms with E-state index in [2.05, 4.69) is 20.8 Å². The summed E-state index contributed by atoms with van der Waals surface area (Å²) >= 11 is 1.71. The molecular formula is C16H24O2S. The molecule has 0 fully saturated rings. The Bertz CT molecular complexity index is 413. The molecule has 0 heterocycles. The van der Waals surface area contributed by atoms with Gasteiger partial charge in [-0.1, -0.05) is 20.8 Å². The van der Waals surface area contributed by atoms with E-state index in [0.29, 0.717) is 18.3 Å². The van der Waals surface area contributed by atoms with Gasteiger partial charge in [-0.15, -0.1) is 0 Å². The smallest absolute Gasteiger partial charge is 0.173 e. The van der Waals surface area contributed by atoms with Crippen LogP contribution in [0.4, 0.5) is 0 Å². The van der Waals surface area contributed by atoms with Gasteiger partial charge < -0.3 is 4.74 Å². The fraction of sp³-hybridized carbons (Fsp3) is 0.562. The first-order valence-corrected chi connectivity index (χ1v) is 8.13. The predicted octanol–water partition coefficient (Wildman–Crippen LogP) is 4.53. The molecule has 1 aromatic rings. The van der Waals surface area contributed by atoms with Gasteiger partial charge in [0, 0.05) is 5.56 Å². The topological polar surface area (TPSA) is 26.3 Å². The first-order valence-electron chi connectivity index (χ1n) is 6.97. The molecule has 0 unspecified atom stereocenters. The molecule has 0 spiro atoms. The third kappa shape index (κ3) is 4.90. The van der Waals surface area contributed by atoms with Crippen molar-refractivity contribution in [3.05, 3.63) is 29.3 Å². The second-order valence-electron chi connectivity index (χ2n) is 4.81. The molecule has 0 bridgehead atoms. The zero-order valence-electron chi connectivity index (χ0n) is 12.4. The van der Waals surface area contributed by atoms with Gasteiger partial charge in [-0.2, -0.15) is 11.8 Å². The summed E-state index contributed by atoms with van der Waals surface area (Å²) in [6.07, 6.45) is 1.11. The molecule has 0 saturated heterocycles. The van der Waals surface area contributed by atoms with E-state index in [-0.39, 0.29) is 5.78 Å². The number of carbonyl (C=O) groups is 1. The molecule has 3 heteroatoms. The van der Waals surface area contributed by atoms with Crippen LogP contribution in [0, 0.1) is 0 Å². The molecule has 0 N–H and O–H groups in total. The van der Waals surface area contributed by atoms with Crippen molar-refractivity contribution < 1.29 is 9.53 Å². The summed E-state index contributed by atoms with van der Waals surface area (Å²) in [5, 5.41) is 0. The number of benzene rings is 1. The molecule has 19 heavy (non-hydrogen) atoms. The van der Waals surface area contributed by atoms with Gasteiger partial charge in [0.1, 0.15) is 5.75 Å². The zero-order valence-corrected chi connectivity index (χ0v) is 13.2. The standard InChI is InChI=1S/C16H24O2S/c1-5-9-19-11-16(17)14-8-7-13(18-6-2)10-15(14)12(3)4/h7-8,10,12H,5-6,9,11H2,1-4H3. The minimum atomic E-state index is 0.227. The third-order valence-corrected chi connectivity index (χ3v) is 4.00. The predicted molar refractivity (Wildman–Crippen MR) is 83.6 cm³/mol. The van der Waals surface area contributed by atoms with E-state index >= 15 is 0 Å². The lowest BCUT2D eigenvalue weighted by atomic mass is 9.95. The summed E-state index contributed by atoms with van der Waals surface area (Å²) in [7, 11) is 0. The molecule has 0 atom stereocenters. The summed E-state index contributed by atoms with van der Waals surface area (Å²) in [4.78, 5) is 12.3. The van der Waals surface area contributed by atoms with E-state index in [1.807, 2.05) is 25.1 Å².